The van der Waals surface area contributed by atoms with Crippen molar-refractivity contribution in [1.82, 2.24) is 0 Å². The highest BCUT2D eigenvalue weighted by Gasteiger charge is 2.40. The maximum atomic E-state index is 2.54. The molecule has 90 valence electrons. The van der Waals surface area contributed by atoms with Gasteiger partial charge in [-0.1, -0.05) is 53.9 Å². The van der Waals surface area contributed by atoms with Gasteiger partial charge in [-0.05, 0) is 42.4 Å². The van der Waals surface area contributed by atoms with Crippen molar-refractivity contribution in [1.29, 1.82) is 0 Å². The first-order valence-electron chi connectivity index (χ1n) is 7.05. The fourth-order valence-corrected chi connectivity index (χ4v) is 3.85. The summed E-state index contributed by atoms with van der Waals surface area (Å²) in [5.41, 5.74) is 0.625. The maximum Gasteiger partial charge on any atom is -0.0298 e. The minimum Gasteiger partial charge on any atom is -0.0654 e. The molecule has 0 saturated heterocycles. The summed E-state index contributed by atoms with van der Waals surface area (Å²) in [4.78, 5) is 0. The van der Waals surface area contributed by atoms with E-state index in [0.717, 1.165) is 17.8 Å². The number of hydrogen-bond acceptors (Lipinski definition) is 0. The van der Waals surface area contributed by atoms with Gasteiger partial charge in [-0.2, -0.15) is 0 Å². The predicted molar refractivity (Wildman–Crippen MR) is 69.0 cm³/mol. The molecule has 0 amide bonds. The van der Waals surface area contributed by atoms with Crippen LogP contribution in [-0.2, 0) is 0 Å². The zero-order chi connectivity index (χ0) is 11.5. The van der Waals surface area contributed by atoms with E-state index in [-0.39, 0.29) is 0 Å². The van der Waals surface area contributed by atoms with Gasteiger partial charge in [0.25, 0.3) is 0 Å². The Kier molecular flexibility index (Phi) is 4.67. The topological polar surface area (TPSA) is 0 Å². The van der Waals surface area contributed by atoms with Crippen molar-refractivity contribution >= 4 is 0 Å². The second-order valence-corrected chi connectivity index (χ2v) is 6.20. The average molecular weight is 210 g/mol. The summed E-state index contributed by atoms with van der Waals surface area (Å²) in [5, 5.41) is 0. The Morgan fingerprint density at radius 1 is 1.20 bits per heavy atom. The molecule has 1 fully saturated rings. The summed E-state index contributed by atoms with van der Waals surface area (Å²) in [6, 6.07) is 0. The molecule has 0 heteroatoms. The van der Waals surface area contributed by atoms with Gasteiger partial charge in [0.1, 0.15) is 0 Å². The molecule has 0 aromatic rings. The summed E-state index contributed by atoms with van der Waals surface area (Å²) in [6.45, 7) is 12.1. The highest BCUT2D eigenvalue weighted by Crippen LogP contribution is 2.50. The molecule has 0 spiro atoms. The van der Waals surface area contributed by atoms with Crippen LogP contribution in [0, 0.1) is 23.2 Å². The van der Waals surface area contributed by atoms with Gasteiger partial charge in [-0.25, -0.2) is 0 Å². The van der Waals surface area contributed by atoms with Crippen molar-refractivity contribution in [2.75, 3.05) is 0 Å². The molecule has 0 radical (unpaired) electrons. The SMILES string of the molecule is CCCC(C)(CC)C1CCCC1C(C)C. The van der Waals surface area contributed by atoms with Crippen molar-refractivity contribution in [3.63, 3.8) is 0 Å². The first-order valence-corrected chi connectivity index (χ1v) is 7.05. The molecule has 1 aliphatic rings. The summed E-state index contributed by atoms with van der Waals surface area (Å²) < 4.78 is 0. The summed E-state index contributed by atoms with van der Waals surface area (Å²) in [6.07, 6.45) is 8.61. The molecule has 0 aromatic carbocycles. The van der Waals surface area contributed by atoms with E-state index in [1.54, 1.807) is 0 Å². The van der Waals surface area contributed by atoms with Gasteiger partial charge in [0.15, 0.2) is 0 Å². The summed E-state index contributed by atoms with van der Waals surface area (Å²) >= 11 is 0. The van der Waals surface area contributed by atoms with Gasteiger partial charge in [-0.3, -0.25) is 0 Å². The summed E-state index contributed by atoms with van der Waals surface area (Å²) in [7, 11) is 0. The Hall–Kier alpha value is 0. The minimum absolute atomic E-state index is 0.625. The third kappa shape index (κ3) is 2.77. The van der Waals surface area contributed by atoms with E-state index >= 15 is 0 Å². The van der Waals surface area contributed by atoms with Gasteiger partial charge in [0.2, 0.25) is 0 Å². The highest BCUT2D eigenvalue weighted by molar-refractivity contribution is 4.90. The predicted octanol–water partition coefficient (Wildman–Crippen LogP) is 5.28. The van der Waals surface area contributed by atoms with E-state index in [4.69, 9.17) is 0 Å². The van der Waals surface area contributed by atoms with E-state index in [0.29, 0.717) is 5.41 Å². The fraction of sp³-hybridized carbons (Fsp3) is 1.00. The lowest BCUT2D eigenvalue weighted by molar-refractivity contribution is 0.0981. The Bertz CT molecular complexity index is 182. The molecule has 3 unspecified atom stereocenters. The number of hydrogen-bond donors (Lipinski definition) is 0. The van der Waals surface area contributed by atoms with Gasteiger partial charge >= 0.3 is 0 Å². The van der Waals surface area contributed by atoms with Gasteiger partial charge in [-0.15, -0.1) is 0 Å². The zero-order valence-electron chi connectivity index (χ0n) is 11.5. The molecule has 0 aromatic heterocycles. The average Bonchev–Trinajstić information content (AvgIpc) is 2.67. The fourth-order valence-electron chi connectivity index (χ4n) is 3.85. The van der Waals surface area contributed by atoms with E-state index in [1.165, 1.54) is 38.5 Å². The minimum atomic E-state index is 0.625. The van der Waals surface area contributed by atoms with Crippen LogP contribution in [0.4, 0.5) is 0 Å². The zero-order valence-corrected chi connectivity index (χ0v) is 11.5. The Labute approximate surface area is 96.8 Å². The van der Waals surface area contributed by atoms with Crippen LogP contribution in [0.1, 0.15) is 73.1 Å². The normalized spacial score (nSPS) is 30.8. The van der Waals surface area contributed by atoms with Crippen molar-refractivity contribution in [3.05, 3.63) is 0 Å². The van der Waals surface area contributed by atoms with E-state index in [9.17, 15) is 0 Å². The molecular formula is C15H30. The lowest BCUT2D eigenvalue weighted by Crippen LogP contribution is -2.31. The summed E-state index contributed by atoms with van der Waals surface area (Å²) in [5.74, 6) is 2.89. The van der Waals surface area contributed by atoms with E-state index < -0.39 is 0 Å². The maximum absolute atomic E-state index is 2.54. The molecule has 3 atom stereocenters. The third-order valence-corrected chi connectivity index (χ3v) is 4.95. The Balaban J connectivity index is 2.74. The monoisotopic (exact) mass is 210 g/mol. The highest BCUT2D eigenvalue weighted by atomic mass is 14.5. The smallest absolute Gasteiger partial charge is 0.0298 e. The number of rotatable bonds is 5. The quantitative estimate of drug-likeness (QED) is 0.579. The molecular weight excluding hydrogens is 180 g/mol. The van der Waals surface area contributed by atoms with Crippen LogP contribution in [0.3, 0.4) is 0 Å². The lowest BCUT2D eigenvalue weighted by atomic mass is 9.65. The molecule has 1 aliphatic carbocycles. The van der Waals surface area contributed by atoms with Crippen molar-refractivity contribution in [3.8, 4) is 0 Å². The van der Waals surface area contributed by atoms with E-state index in [1.807, 2.05) is 0 Å². The van der Waals surface area contributed by atoms with Crippen molar-refractivity contribution < 1.29 is 0 Å². The van der Waals surface area contributed by atoms with Gasteiger partial charge in [0.05, 0.1) is 0 Å². The second-order valence-electron chi connectivity index (χ2n) is 6.20. The largest absolute Gasteiger partial charge is 0.0654 e. The second kappa shape index (κ2) is 5.37. The van der Waals surface area contributed by atoms with Gasteiger partial charge in [0, 0.05) is 0 Å². The van der Waals surface area contributed by atoms with Crippen LogP contribution in [0.15, 0.2) is 0 Å². The van der Waals surface area contributed by atoms with Crippen LogP contribution in [0.5, 0.6) is 0 Å². The molecule has 0 N–H and O–H groups in total. The molecule has 0 heterocycles. The van der Waals surface area contributed by atoms with Crippen molar-refractivity contribution in [2.24, 2.45) is 23.2 Å². The van der Waals surface area contributed by atoms with E-state index in [2.05, 4.69) is 34.6 Å². The third-order valence-electron chi connectivity index (χ3n) is 4.95. The molecule has 0 aliphatic heterocycles. The molecule has 15 heavy (non-hydrogen) atoms. The van der Waals surface area contributed by atoms with Crippen LogP contribution in [-0.4, -0.2) is 0 Å². The lowest BCUT2D eigenvalue weighted by Gasteiger charge is -2.40. The van der Waals surface area contributed by atoms with Crippen LogP contribution < -0.4 is 0 Å². The molecule has 1 rings (SSSR count). The first kappa shape index (κ1) is 13.1. The first-order chi connectivity index (χ1) is 7.05. The van der Waals surface area contributed by atoms with Gasteiger partial charge < -0.3 is 0 Å². The Morgan fingerprint density at radius 2 is 1.87 bits per heavy atom. The van der Waals surface area contributed by atoms with Crippen LogP contribution in [0.25, 0.3) is 0 Å². The van der Waals surface area contributed by atoms with Crippen LogP contribution >= 0.6 is 0 Å². The Morgan fingerprint density at radius 3 is 2.33 bits per heavy atom. The van der Waals surface area contributed by atoms with Crippen LogP contribution in [0.2, 0.25) is 0 Å². The standard InChI is InChI=1S/C15H30/c1-6-11-15(5,7-2)14-10-8-9-13(14)12(3)4/h12-14H,6-11H2,1-5H3. The van der Waals surface area contributed by atoms with Crippen molar-refractivity contribution in [2.45, 2.75) is 73.1 Å². The molecule has 0 nitrogen and oxygen atoms in total. The molecule has 0 bridgehead atoms. The molecule has 1 saturated carbocycles.